The van der Waals surface area contributed by atoms with E-state index < -0.39 is 0 Å². The standard InChI is InChI=1S/C16H21N3O2/c1-21-11-12-8-9-19(10-12)16(20)7-6-15-17-13-4-2-3-5-14(13)18-15/h2-5,12H,6-11H2,1H3,(H,17,18)/t12-/m0/s1. The first-order valence-corrected chi connectivity index (χ1v) is 7.46. The molecule has 0 unspecified atom stereocenters. The number of carbonyl (C=O) groups excluding carboxylic acids is 1. The molecule has 2 aromatic rings. The average molecular weight is 287 g/mol. The Balaban J connectivity index is 1.54. The van der Waals surface area contributed by atoms with Crippen molar-refractivity contribution in [1.29, 1.82) is 0 Å². The molecule has 5 nitrogen and oxygen atoms in total. The Bertz CT molecular complexity index is 590. The number of likely N-dealkylation sites (tertiary alicyclic amines) is 1. The SMILES string of the molecule is COC[C@H]1CCN(C(=O)CCc2nc3ccccc3[nH]2)C1. The fraction of sp³-hybridized carbons (Fsp3) is 0.500. The van der Waals surface area contributed by atoms with E-state index in [1.807, 2.05) is 29.2 Å². The number of ether oxygens (including phenoxy) is 1. The number of H-pyrrole nitrogens is 1. The van der Waals surface area contributed by atoms with Gasteiger partial charge in [0.05, 0.1) is 17.6 Å². The molecule has 21 heavy (non-hydrogen) atoms. The summed E-state index contributed by atoms with van der Waals surface area (Å²) < 4.78 is 5.16. The highest BCUT2D eigenvalue weighted by Crippen LogP contribution is 2.18. The smallest absolute Gasteiger partial charge is 0.223 e. The van der Waals surface area contributed by atoms with Crippen LogP contribution < -0.4 is 0 Å². The van der Waals surface area contributed by atoms with E-state index in [2.05, 4.69) is 9.97 Å². The Labute approximate surface area is 124 Å². The van der Waals surface area contributed by atoms with Crippen LogP contribution in [-0.2, 0) is 16.0 Å². The zero-order valence-corrected chi connectivity index (χ0v) is 12.3. The molecule has 1 aliphatic rings. The van der Waals surface area contributed by atoms with Gasteiger partial charge < -0.3 is 14.6 Å². The van der Waals surface area contributed by atoms with E-state index in [-0.39, 0.29) is 5.91 Å². The van der Waals surface area contributed by atoms with E-state index in [0.29, 0.717) is 18.8 Å². The van der Waals surface area contributed by atoms with Crippen molar-refractivity contribution in [3.05, 3.63) is 30.1 Å². The molecule has 0 spiro atoms. The van der Waals surface area contributed by atoms with E-state index >= 15 is 0 Å². The molecule has 5 heteroatoms. The minimum absolute atomic E-state index is 0.217. The lowest BCUT2D eigenvalue weighted by molar-refractivity contribution is -0.130. The molecule has 1 fully saturated rings. The van der Waals surface area contributed by atoms with Gasteiger partial charge in [0.1, 0.15) is 5.82 Å². The van der Waals surface area contributed by atoms with Gasteiger partial charge in [0.25, 0.3) is 0 Å². The fourth-order valence-electron chi connectivity index (χ4n) is 2.94. The summed E-state index contributed by atoms with van der Waals surface area (Å²) in [5, 5.41) is 0. The molecule has 2 heterocycles. The molecule has 0 saturated carbocycles. The molecule has 1 amide bonds. The van der Waals surface area contributed by atoms with Crippen LogP contribution in [-0.4, -0.2) is 47.6 Å². The monoisotopic (exact) mass is 287 g/mol. The predicted octanol–water partition coefficient (Wildman–Crippen LogP) is 1.99. The Morgan fingerprint density at radius 2 is 2.33 bits per heavy atom. The molecule has 1 aromatic heterocycles. The van der Waals surface area contributed by atoms with Gasteiger partial charge in [-0.3, -0.25) is 4.79 Å². The summed E-state index contributed by atoms with van der Waals surface area (Å²) in [7, 11) is 1.71. The third-order valence-electron chi connectivity index (χ3n) is 4.06. The van der Waals surface area contributed by atoms with Crippen molar-refractivity contribution < 1.29 is 9.53 Å². The summed E-state index contributed by atoms with van der Waals surface area (Å²) in [6, 6.07) is 7.93. The normalized spacial score (nSPS) is 18.5. The van der Waals surface area contributed by atoms with Crippen LogP contribution >= 0.6 is 0 Å². The molecule has 0 bridgehead atoms. The van der Waals surface area contributed by atoms with E-state index in [9.17, 15) is 4.79 Å². The van der Waals surface area contributed by atoms with Crippen LogP contribution in [0, 0.1) is 5.92 Å². The Morgan fingerprint density at radius 1 is 1.48 bits per heavy atom. The van der Waals surface area contributed by atoms with Gasteiger partial charge in [-0.2, -0.15) is 0 Å². The van der Waals surface area contributed by atoms with Crippen LogP contribution in [0.25, 0.3) is 11.0 Å². The highest BCUT2D eigenvalue weighted by molar-refractivity contribution is 5.77. The Kier molecular flexibility index (Phi) is 4.20. The lowest BCUT2D eigenvalue weighted by Gasteiger charge is -2.16. The molecule has 1 saturated heterocycles. The molecule has 1 aromatic carbocycles. The number of aromatic nitrogens is 2. The zero-order chi connectivity index (χ0) is 14.7. The van der Waals surface area contributed by atoms with E-state index in [1.165, 1.54) is 0 Å². The number of carbonyl (C=O) groups is 1. The van der Waals surface area contributed by atoms with Gasteiger partial charge in [0.2, 0.25) is 5.91 Å². The number of hydrogen-bond donors (Lipinski definition) is 1. The van der Waals surface area contributed by atoms with Crippen molar-refractivity contribution in [3.8, 4) is 0 Å². The minimum atomic E-state index is 0.217. The van der Waals surface area contributed by atoms with Gasteiger partial charge in [-0.15, -0.1) is 0 Å². The van der Waals surface area contributed by atoms with Gasteiger partial charge in [0.15, 0.2) is 0 Å². The molecular formula is C16H21N3O2. The van der Waals surface area contributed by atoms with Crippen LogP contribution in [0.1, 0.15) is 18.7 Å². The first-order chi connectivity index (χ1) is 10.3. The number of methoxy groups -OCH3 is 1. The zero-order valence-electron chi connectivity index (χ0n) is 12.3. The first kappa shape index (κ1) is 14.1. The van der Waals surface area contributed by atoms with Crippen LogP contribution in [0.15, 0.2) is 24.3 Å². The maximum atomic E-state index is 12.2. The highest BCUT2D eigenvalue weighted by atomic mass is 16.5. The van der Waals surface area contributed by atoms with Crippen molar-refractivity contribution in [2.75, 3.05) is 26.8 Å². The molecule has 112 valence electrons. The van der Waals surface area contributed by atoms with Crippen molar-refractivity contribution >= 4 is 16.9 Å². The summed E-state index contributed by atoms with van der Waals surface area (Å²) >= 11 is 0. The van der Waals surface area contributed by atoms with E-state index in [4.69, 9.17) is 4.74 Å². The second kappa shape index (κ2) is 6.26. The van der Waals surface area contributed by atoms with Crippen LogP contribution in [0.4, 0.5) is 0 Å². The van der Waals surface area contributed by atoms with Gasteiger partial charge in [-0.25, -0.2) is 4.98 Å². The second-order valence-electron chi connectivity index (χ2n) is 5.65. The van der Waals surface area contributed by atoms with Crippen LogP contribution in [0.3, 0.4) is 0 Å². The van der Waals surface area contributed by atoms with Gasteiger partial charge >= 0.3 is 0 Å². The number of rotatable bonds is 5. The van der Waals surface area contributed by atoms with Crippen molar-refractivity contribution in [2.24, 2.45) is 5.92 Å². The lowest BCUT2D eigenvalue weighted by Crippen LogP contribution is -2.29. The summed E-state index contributed by atoms with van der Waals surface area (Å²) in [4.78, 5) is 22.0. The highest BCUT2D eigenvalue weighted by Gasteiger charge is 2.25. The third kappa shape index (κ3) is 3.24. The van der Waals surface area contributed by atoms with Crippen molar-refractivity contribution in [3.63, 3.8) is 0 Å². The molecule has 0 radical (unpaired) electrons. The maximum absolute atomic E-state index is 12.2. The van der Waals surface area contributed by atoms with Crippen molar-refractivity contribution in [2.45, 2.75) is 19.3 Å². The number of imidazole rings is 1. The topological polar surface area (TPSA) is 58.2 Å². The Morgan fingerprint density at radius 3 is 3.14 bits per heavy atom. The molecule has 0 aliphatic carbocycles. The van der Waals surface area contributed by atoms with Gasteiger partial charge in [-0.1, -0.05) is 12.1 Å². The number of nitrogens with one attached hydrogen (secondary N) is 1. The van der Waals surface area contributed by atoms with Crippen LogP contribution in [0.2, 0.25) is 0 Å². The number of nitrogens with zero attached hydrogens (tertiary/aromatic N) is 2. The third-order valence-corrected chi connectivity index (χ3v) is 4.06. The number of aryl methyl sites for hydroxylation is 1. The van der Waals surface area contributed by atoms with E-state index in [0.717, 1.165) is 43.0 Å². The molecular weight excluding hydrogens is 266 g/mol. The van der Waals surface area contributed by atoms with Gasteiger partial charge in [-0.05, 0) is 18.6 Å². The number of fused-ring (bicyclic) bond motifs is 1. The maximum Gasteiger partial charge on any atom is 0.223 e. The molecule has 3 rings (SSSR count). The summed E-state index contributed by atoms with van der Waals surface area (Å²) in [6.45, 7) is 2.42. The largest absolute Gasteiger partial charge is 0.384 e. The summed E-state index contributed by atoms with van der Waals surface area (Å²) in [5.74, 6) is 1.59. The van der Waals surface area contributed by atoms with Gasteiger partial charge in [0, 0.05) is 39.0 Å². The number of para-hydroxylation sites is 2. The van der Waals surface area contributed by atoms with Crippen LogP contribution in [0.5, 0.6) is 0 Å². The Hall–Kier alpha value is -1.88. The number of amides is 1. The van der Waals surface area contributed by atoms with E-state index in [1.54, 1.807) is 7.11 Å². The predicted molar refractivity (Wildman–Crippen MR) is 81.0 cm³/mol. The fourth-order valence-corrected chi connectivity index (χ4v) is 2.94. The number of benzene rings is 1. The number of hydrogen-bond acceptors (Lipinski definition) is 3. The van der Waals surface area contributed by atoms with Crippen molar-refractivity contribution in [1.82, 2.24) is 14.9 Å². The molecule has 1 atom stereocenters. The summed E-state index contributed by atoms with van der Waals surface area (Å²) in [6.07, 6.45) is 2.22. The summed E-state index contributed by atoms with van der Waals surface area (Å²) in [5.41, 5.74) is 1.99. The lowest BCUT2D eigenvalue weighted by atomic mass is 10.1. The number of aromatic amines is 1. The molecule has 1 N–H and O–H groups in total. The molecule has 1 aliphatic heterocycles. The second-order valence-corrected chi connectivity index (χ2v) is 5.65. The first-order valence-electron chi connectivity index (χ1n) is 7.46. The average Bonchev–Trinajstić information content (AvgIpc) is 3.11. The quantitative estimate of drug-likeness (QED) is 0.915. The minimum Gasteiger partial charge on any atom is -0.384 e.